The van der Waals surface area contributed by atoms with E-state index >= 15 is 0 Å². The molecule has 2 unspecified atom stereocenters. The fourth-order valence-corrected chi connectivity index (χ4v) is 0.637. The summed E-state index contributed by atoms with van der Waals surface area (Å²) in [6, 6.07) is -0.159. The zero-order valence-corrected chi connectivity index (χ0v) is 5.40. The molecular formula is C3H9N2O2S-. The third kappa shape index (κ3) is 4.20. The summed E-state index contributed by atoms with van der Waals surface area (Å²) in [5.74, 6) is 0. The topological polar surface area (TPSA) is 78.2 Å². The first kappa shape index (κ1) is 8.03. The van der Waals surface area contributed by atoms with Crippen molar-refractivity contribution in [1.29, 1.82) is 0 Å². The van der Waals surface area contributed by atoms with Crippen LogP contribution in [-0.2, 0) is 11.3 Å². The molecule has 0 spiro atoms. The summed E-state index contributed by atoms with van der Waals surface area (Å²) in [5, 5.41) is 0. The Bertz CT molecular complexity index is 87.4. The minimum atomic E-state index is -2.18. The second kappa shape index (κ2) is 3.96. The molecule has 0 aromatic carbocycles. The molecule has 0 fully saturated rings. The molecule has 0 saturated carbocycles. The maximum absolute atomic E-state index is 9.80. The predicted molar refractivity (Wildman–Crippen MR) is 30.6 cm³/mol. The van der Waals surface area contributed by atoms with E-state index < -0.39 is 11.3 Å². The molecule has 0 bridgehead atoms. The molecule has 0 aromatic rings. The van der Waals surface area contributed by atoms with Crippen molar-refractivity contribution in [1.82, 2.24) is 4.72 Å². The minimum absolute atomic E-state index is 0.159. The maximum atomic E-state index is 9.80. The van der Waals surface area contributed by atoms with E-state index in [9.17, 15) is 8.76 Å². The standard InChI is InChI=1S/C3H10N2O2S/c1-3(2-4)5-8(6)7/h3,5H,2,4H2,1H3,(H,6,7)/p-1. The lowest BCUT2D eigenvalue weighted by molar-refractivity contribution is 0.509. The van der Waals surface area contributed by atoms with Crippen molar-refractivity contribution in [2.75, 3.05) is 6.54 Å². The Hall–Kier alpha value is 0.0300. The van der Waals surface area contributed by atoms with Crippen LogP contribution in [0.3, 0.4) is 0 Å². The molecule has 4 nitrogen and oxygen atoms in total. The van der Waals surface area contributed by atoms with Gasteiger partial charge in [0, 0.05) is 23.9 Å². The predicted octanol–water partition coefficient (Wildman–Crippen LogP) is -1.28. The van der Waals surface area contributed by atoms with E-state index in [1.165, 1.54) is 0 Å². The second-order valence-corrected chi connectivity index (χ2v) is 2.19. The summed E-state index contributed by atoms with van der Waals surface area (Å²) in [4.78, 5) is 0. The van der Waals surface area contributed by atoms with Crippen LogP contribution in [0.4, 0.5) is 0 Å². The van der Waals surface area contributed by atoms with Gasteiger partial charge < -0.3 is 10.3 Å². The molecule has 0 aliphatic carbocycles. The van der Waals surface area contributed by atoms with E-state index in [2.05, 4.69) is 4.72 Å². The Balaban J connectivity index is 3.24. The van der Waals surface area contributed by atoms with Crippen molar-refractivity contribution in [2.24, 2.45) is 5.73 Å². The van der Waals surface area contributed by atoms with Crippen LogP contribution >= 0.6 is 0 Å². The minimum Gasteiger partial charge on any atom is -0.760 e. The molecule has 0 aromatic heterocycles. The monoisotopic (exact) mass is 137 g/mol. The first-order valence-electron chi connectivity index (χ1n) is 2.22. The molecule has 0 aliphatic heterocycles. The van der Waals surface area contributed by atoms with Crippen LogP contribution in [0, 0.1) is 0 Å². The van der Waals surface area contributed by atoms with E-state index in [1.807, 2.05) is 0 Å². The molecule has 8 heavy (non-hydrogen) atoms. The Kier molecular flexibility index (Phi) is 3.98. The Morgan fingerprint density at radius 3 is 2.62 bits per heavy atom. The molecule has 50 valence electrons. The van der Waals surface area contributed by atoms with Gasteiger partial charge in [-0.2, -0.15) is 0 Å². The summed E-state index contributed by atoms with van der Waals surface area (Å²) < 4.78 is 21.8. The van der Waals surface area contributed by atoms with Gasteiger partial charge in [0.1, 0.15) is 0 Å². The smallest absolute Gasteiger partial charge is 0.0278 e. The first-order valence-corrected chi connectivity index (χ1v) is 3.29. The summed E-state index contributed by atoms with van der Waals surface area (Å²) in [6.45, 7) is 2.02. The lowest BCUT2D eigenvalue weighted by Gasteiger charge is -2.11. The maximum Gasteiger partial charge on any atom is 0.0278 e. The lowest BCUT2D eigenvalue weighted by Crippen LogP contribution is -2.34. The van der Waals surface area contributed by atoms with Crippen molar-refractivity contribution in [3.63, 3.8) is 0 Å². The van der Waals surface area contributed by atoms with Crippen LogP contribution in [0.5, 0.6) is 0 Å². The molecule has 0 aliphatic rings. The number of rotatable bonds is 3. The summed E-state index contributed by atoms with van der Waals surface area (Å²) >= 11 is -2.18. The number of hydrogen-bond donors (Lipinski definition) is 2. The van der Waals surface area contributed by atoms with Crippen LogP contribution in [-0.4, -0.2) is 21.3 Å². The highest BCUT2D eigenvalue weighted by Crippen LogP contribution is 1.74. The summed E-state index contributed by atoms with van der Waals surface area (Å²) in [5.41, 5.74) is 5.08. The van der Waals surface area contributed by atoms with Gasteiger partial charge in [0.05, 0.1) is 0 Å². The average Bonchev–Trinajstić information content (AvgIpc) is 1.65. The zero-order valence-electron chi connectivity index (χ0n) is 4.59. The van der Waals surface area contributed by atoms with Crippen molar-refractivity contribution < 1.29 is 8.76 Å². The van der Waals surface area contributed by atoms with E-state index in [0.717, 1.165) is 0 Å². The molecule has 0 heterocycles. The zero-order chi connectivity index (χ0) is 6.57. The van der Waals surface area contributed by atoms with Gasteiger partial charge in [0.2, 0.25) is 0 Å². The highest BCUT2D eigenvalue weighted by atomic mass is 32.2. The van der Waals surface area contributed by atoms with Crippen LogP contribution in [0.25, 0.3) is 0 Å². The SMILES string of the molecule is CC(CN)NS(=O)[O-]. The van der Waals surface area contributed by atoms with Crippen LogP contribution in [0.15, 0.2) is 0 Å². The van der Waals surface area contributed by atoms with Gasteiger partial charge >= 0.3 is 0 Å². The van der Waals surface area contributed by atoms with Gasteiger partial charge in [-0.25, -0.2) is 4.72 Å². The molecule has 5 heteroatoms. The molecule has 0 amide bonds. The Morgan fingerprint density at radius 1 is 2.00 bits per heavy atom. The number of nitrogens with two attached hydrogens (primary N) is 1. The molecule has 3 N–H and O–H groups in total. The van der Waals surface area contributed by atoms with E-state index in [1.54, 1.807) is 6.92 Å². The molecule has 2 atom stereocenters. The molecule has 0 saturated heterocycles. The van der Waals surface area contributed by atoms with Gasteiger partial charge in [-0.05, 0) is 6.92 Å². The molecule has 0 rings (SSSR count). The number of hydrogen-bond acceptors (Lipinski definition) is 3. The van der Waals surface area contributed by atoms with Gasteiger partial charge in [0.15, 0.2) is 0 Å². The van der Waals surface area contributed by atoms with Crippen molar-refractivity contribution in [3.8, 4) is 0 Å². The first-order chi connectivity index (χ1) is 3.66. The van der Waals surface area contributed by atoms with Crippen molar-refractivity contribution >= 4 is 11.3 Å². The molecule has 0 radical (unpaired) electrons. The Morgan fingerprint density at radius 2 is 2.50 bits per heavy atom. The largest absolute Gasteiger partial charge is 0.760 e. The second-order valence-electron chi connectivity index (χ2n) is 1.49. The van der Waals surface area contributed by atoms with Crippen LogP contribution in [0.1, 0.15) is 6.92 Å². The Labute approximate surface area is 50.9 Å². The van der Waals surface area contributed by atoms with Gasteiger partial charge in [0.25, 0.3) is 0 Å². The molecular weight excluding hydrogens is 128 g/mol. The highest BCUT2D eigenvalue weighted by Gasteiger charge is 1.93. The van der Waals surface area contributed by atoms with Gasteiger partial charge in [-0.3, -0.25) is 4.21 Å². The summed E-state index contributed by atoms with van der Waals surface area (Å²) in [7, 11) is 0. The van der Waals surface area contributed by atoms with Crippen LogP contribution < -0.4 is 10.5 Å². The van der Waals surface area contributed by atoms with Crippen molar-refractivity contribution in [2.45, 2.75) is 13.0 Å². The fraction of sp³-hybridized carbons (Fsp3) is 1.00. The summed E-state index contributed by atoms with van der Waals surface area (Å²) in [6.07, 6.45) is 0. The number of nitrogens with one attached hydrogen (secondary N) is 1. The van der Waals surface area contributed by atoms with E-state index in [-0.39, 0.29) is 6.04 Å². The average molecular weight is 137 g/mol. The van der Waals surface area contributed by atoms with E-state index in [4.69, 9.17) is 5.73 Å². The van der Waals surface area contributed by atoms with Crippen molar-refractivity contribution in [3.05, 3.63) is 0 Å². The quantitative estimate of drug-likeness (QED) is 0.475. The normalized spacial score (nSPS) is 17.9. The third-order valence-electron chi connectivity index (χ3n) is 0.651. The lowest BCUT2D eigenvalue weighted by atomic mass is 10.4. The van der Waals surface area contributed by atoms with E-state index in [0.29, 0.717) is 6.54 Å². The van der Waals surface area contributed by atoms with Gasteiger partial charge in [-0.1, -0.05) is 0 Å². The third-order valence-corrected chi connectivity index (χ3v) is 1.25. The fourth-order valence-electron chi connectivity index (χ4n) is 0.212. The van der Waals surface area contributed by atoms with Crippen LogP contribution in [0.2, 0.25) is 0 Å². The highest BCUT2D eigenvalue weighted by molar-refractivity contribution is 7.77. The van der Waals surface area contributed by atoms with Gasteiger partial charge in [-0.15, -0.1) is 0 Å².